The minimum atomic E-state index is -0.207. The van der Waals surface area contributed by atoms with Gasteiger partial charge in [0.05, 0.1) is 25.4 Å². The van der Waals surface area contributed by atoms with Crippen LogP contribution in [0.3, 0.4) is 0 Å². The van der Waals surface area contributed by atoms with Crippen LogP contribution >= 0.6 is 24.0 Å². The van der Waals surface area contributed by atoms with Crippen molar-refractivity contribution in [2.75, 3.05) is 53.0 Å². The van der Waals surface area contributed by atoms with Crippen LogP contribution in [0.2, 0.25) is 0 Å². The SMILES string of the molecule is CN=C(NCC1CCCO1)NCC(c1cccc(F)c1)N1CCOCC1.I. The molecule has 2 unspecified atom stereocenters. The number of hydrogen-bond donors (Lipinski definition) is 2. The van der Waals surface area contributed by atoms with Gasteiger partial charge in [0.15, 0.2) is 5.96 Å². The first-order valence-corrected chi connectivity index (χ1v) is 9.39. The molecule has 0 saturated carbocycles. The number of aliphatic imine (C=N–C) groups is 1. The number of morpholine rings is 1. The molecule has 1 aromatic carbocycles. The molecule has 2 N–H and O–H groups in total. The molecule has 0 bridgehead atoms. The maximum Gasteiger partial charge on any atom is 0.191 e. The van der Waals surface area contributed by atoms with E-state index in [0.29, 0.717) is 19.8 Å². The van der Waals surface area contributed by atoms with E-state index in [9.17, 15) is 4.39 Å². The highest BCUT2D eigenvalue weighted by molar-refractivity contribution is 14.0. The van der Waals surface area contributed by atoms with Gasteiger partial charge in [0.25, 0.3) is 0 Å². The molecule has 2 heterocycles. The minimum absolute atomic E-state index is 0. The molecule has 2 aliphatic rings. The number of hydrogen-bond acceptors (Lipinski definition) is 4. The van der Waals surface area contributed by atoms with Crippen molar-refractivity contribution in [3.63, 3.8) is 0 Å². The average molecular weight is 492 g/mol. The Morgan fingerprint density at radius 3 is 2.78 bits per heavy atom. The van der Waals surface area contributed by atoms with Crippen molar-refractivity contribution in [1.29, 1.82) is 0 Å². The second kappa shape index (κ2) is 11.8. The average Bonchev–Trinajstić information content (AvgIpc) is 3.19. The van der Waals surface area contributed by atoms with Crippen molar-refractivity contribution in [2.24, 2.45) is 4.99 Å². The Morgan fingerprint density at radius 2 is 2.11 bits per heavy atom. The Hall–Kier alpha value is -0.970. The van der Waals surface area contributed by atoms with Crippen molar-refractivity contribution >= 4 is 29.9 Å². The number of ether oxygens (including phenoxy) is 2. The van der Waals surface area contributed by atoms with E-state index in [-0.39, 0.29) is 41.9 Å². The predicted molar refractivity (Wildman–Crippen MR) is 115 cm³/mol. The van der Waals surface area contributed by atoms with Crippen LogP contribution in [-0.4, -0.2) is 70.0 Å². The molecule has 27 heavy (non-hydrogen) atoms. The standard InChI is InChI=1S/C19H29FN4O2.HI/c1-21-19(22-13-17-6-3-9-26-17)23-14-18(24-7-10-25-11-8-24)15-4-2-5-16(20)12-15;/h2,4-5,12,17-18H,3,6-11,13-14H2,1H3,(H2,21,22,23);1H. The Morgan fingerprint density at radius 1 is 1.30 bits per heavy atom. The lowest BCUT2D eigenvalue weighted by molar-refractivity contribution is 0.0169. The van der Waals surface area contributed by atoms with Crippen LogP contribution < -0.4 is 10.6 Å². The van der Waals surface area contributed by atoms with Gasteiger partial charge < -0.3 is 20.1 Å². The number of halogens is 2. The fourth-order valence-electron chi connectivity index (χ4n) is 3.49. The molecule has 8 heteroatoms. The third-order valence-electron chi connectivity index (χ3n) is 4.93. The number of rotatable bonds is 6. The third-order valence-corrected chi connectivity index (χ3v) is 4.93. The molecule has 6 nitrogen and oxygen atoms in total. The molecule has 152 valence electrons. The summed E-state index contributed by atoms with van der Waals surface area (Å²) in [7, 11) is 1.76. The van der Waals surface area contributed by atoms with Crippen LogP contribution in [0.1, 0.15) is 24.4 Å². The minimum Gasteiger partial charge on any atom is -0.379 e. The van der Waals surface area contributed by atoms with Crippen LogP contribution in [0.4, 0.5) is 4.39 Å². The van der Waals surface area contributed by atoms with Crippen molar-refractivity contribution in [2.45, 2.75) is 25.0 Å². The number of benzene rings is 1. The van der Waals surface area contributed by atoms with Gasteiger partial charge in [-0.1, -0.05) is 12.1 Å². The maximum atomic E-state index is 13.7. The lowest BCUT2D eigenvalue weighted by atomic mass is 10.0. The topological polar surface area (TPSA) is 58.1 Å². The zero-order chi connectivity index (χ0) is 18.2. The number of guanidine groups is 1. The van der Waals surface area contributed by atoms with Gasteiger partial charge in [-0.15, -0.1) is 24.0 Å². The Bertz CT molecular complexity index is 593. The van der Waals surface area contributed by atoms with Gasteiger partial charge in [0, 0.05) is 39.8 Å². The zero-order valence-electron chi connectivity index (χ0n) is 15.8. The van der Waals surface area contributed by atoms with Gasteiger partial charge >= 0.3 is 0 Å². The Labute approximate surface area is 177 Å². The van der Waals surface area contributed by atoms with E-state index >= 15 is 0 Å². The predicted octanol–water partition coefficient (Wildman–Crippen LogP) is 2.16. The van der Waals surface area contributed by atoms with Crippen molar-refractivity contribution in [1.82, 2.24) is 15.5 Å². The summed E-state index contributed by atoms with van der Waals surface area (Å²) in [5.41, 5.74) is 0.967. The molecule has 3 rings (SSSR count). The number of nitrogens with zero attached hydrogens (tertiary/aromatic N) is 2. The van der Waals surface area contributed by atoms with E-state index in [1.807, 2.05) is 6.07 Å². The molecule has 2 saturated heterocycles. The largest absolute Gasteiger partial charge is 0.379 e. The fourth-order valence-corrected chi connectivity index (χ4v) is 3.49. The molecule has 0 radical (unpaired) electrons. The lowest BCUT2D eigenvalue weighted by Crippen LogP contribution is -2.47. The summed E-state index contributed by atoms with van der Waals surface area (Å²) in [5.74, 6) is 0.539. The molecule has 2 aliphatic heterocycles. The Balaban J connectivity index is 0.00000261. The van der Waals surface area contributed by atoms with Crippen LogP contribution in [0.15, 0.2) is 29.3 Å². The quantitative estimate of drug-likeness (QED) is 0.362. The van der Waals surface area contributed by atoms with Crippen LogP contribution in [0.25, 0.3) is 0 Å². The van der Waals surface area contributed by atoms with E-state index in [1.54, 1.807) is 19.2 Å². The van der Waals surface area contributed by atoms with Crippen molar-refractivity contribution < 1.29 is 13.9 Å². The molecule has 0 aliphatic carbocycles. The molecule has 2 fully saturated rings. The first-order chi connectivity index (χ1) is 12.8. The highest BCUT2D eigenvalue weighted by Gasteiger charge is 2.23. The van der Waals surface area contributed by atoms with Crippen LogP contribution in [0.5, 0.6) is 0 Å². The van der Waals surface area contributed by atoms with Crippen LogP contribution in [-0.2, 0) is 9.47 Å². The van der Waals surface area contributed by atoms with Crippen LogP contribution in [0, 0.1) is 5.82 Å². The van der Waals surface area contributed by atoms with E-state index in [1.165, 1.54) is 6.07 Å². The zero-order valence-corrected chi connectivity index (χ0v) is 18.2. The molecule has 2 atom stereocenters. The summed E-state index contributed by atoms with van der Waals surface area (Å²) in [6, 6.07) is 6.91. The molecular weight excluding hydrogens is 462 g/mol. The van der Waals surface area contributed by atoms with Gasteiger partial charge in [-0.25, -0.2) is 4.39 Å². The van der Waals surface area contributed by atoms with Gasteiger partial charge in [0.1, 0.15) is 5.82 Å². The summed E-state index contributed by atoms with van der Waals surface area (Å²) < 4.78 is 24.8. The first-order valence-electron chi connectivity index (χ1n) is 9.39. The first kappa shape index (κ1) is 22.3. The van der Waals surface area contributed by atoms with Gasteiger partial charge in [-0.2, -0.15) is 0 Å². The summed E-state index contributed by atoms with van der Waals surface area (Å²) in [6.45, 7) is 5.33. The summed E-state index contributed by atoms with van der Waals surface area (Å²) in [6.07, 6.45) is 2.47. The van der Waals surface area contributed by atoms with E-state index < -0.39 is 0 Å². The summed E-state index contributed by atoms with van der Waals surface area (Å²) in [5, 5.41) is 6.72. The highest BCUT2D eigenvalue weighted by Crippen LogP contribution is 2.22. The smallest absolute Gasteiger partial charge is 0.191 e. The van der Waals surface area contributed by atoms with Gasteiger partial charge in [-0.05, 0) is 30.5 Å². The fraction of sp³-hybridized carbons (Fsp3) is 0.632. The van der Waals surface area contributed by atoms with Gasteiger partial charge in [-0.3, -0.25) is 9.89 Å². The Kier molecular flexibility index (Phi) is 9.74. The lowest BCUT2D eigenvalue weighted by Gasteiger charge is -2.35. The molecule has 0 amide bonds. The molecule has 0 spiro atoms. The third kappa shape index (κ3) is 6.85. The van der Waals surface area contributed by atoms with Gasteiger partial charge in [0.2, 0.25) is 0 Å². The second-order valence-corrected chi connectivity index (χ2v) is 6.69. The maximum absolute atomic E-state index is 13.7. The summed E-state index contributed by atoms with van der Waals surface area (Å²) in [4.78, 5) is 6.63. The number of nitrogens with one attached hydrogen (secondary N) is 2. The molecule has 0 aromatic heterocycles. The van der Waals surface area contributed by atoms with Crippen molar-refractivity contribution in [3.05, 3.63) is 35.6 Å². The normalized spacial score (nSPS) is 22.1. The van der Waals surface area contributed by atoms with E-state index in [4.69, 9.17) is 9.47 Å². The van der Waals surface area contributed by atoms with E-state index in [0.717, 1.165) is 50.6 Å². The van der Waals surface area contributed by atoms with Crippen molar-refractivity contribution in [3.8, 4) is 0 Å². The highest BCUT2D eigenvalue weighted by atomic mass is 127. The molecular formula is C19H30FIN4O2. The monoisotopic (exact) mass is 492 g/mol. The summed E-state index contributed by atoms with van der Waals surface area (Å²) >= 11 is 0. The van der Waals surface area contributed by atoms with E-state index in [2.05, 4.69) is 20.5 Å². The molecule has 1 aromatic rings. The second-order valence-electron chi connectivity index (χ2n) is 6.69.